The molecule has 3 rings (SSSR count). The van der Waals surface area contributed by atoms with Gasteiger partial charge in [-0.1, -0.05) is 52.3 Å². The van der Waals surface area contributed by atoms with E-state index in [1.165, 1.54) is 0 Å². The first-order valence-electron chi connectivity index (χ1n) is 5.97. The topological polar surface area (TPSA) is 25.8 Å². The highest BCUT2D eigenvalue weighted by Crippen LogP contribution is 2.14. The van der Waals surface area contributed by atoms with Crippen LogP contribution in [0.4, 0.5) is 0 Å². The molecule has 0 fully saturated rings. The van der Waals surface area contributed by atoms with Gasteiger partial charge in [-0.25, -0.2) is 9.97 Å². The van der Waals surface area contributed by atoms with E-state index in [1.54, 1.807) is 0 Å². The second kappa shape index (κ2) is 5.33. The highest BCUT2D eigenvalue weighted by Gasteiger charge is 1.96. The molecule has 0 saturated heterocycles. The van der Waals surface area contributed by atoms with Crippen molar-refractivity contribution in [1.82, 2.24) is 9.97 Å². The Balaban J connectivity index is 1.90. The number of fused-ring (bicyclic) bond motifs is 1. The van der Waals surface area contributed by atoms with Crippen molar-refractivity contribution >= 4 is 39.0 Å². The number of halogens is 1. The maximum atomic E-state index is 4.50. The van der Waals surface area contributed by atoms with E-state index in [1.807, 2.05) is 66.9 Å². The van der Waals surface area contributed by atoms with E-state index in [2.05, 4.69) is 25.9 Å². The Labute approximate surface area is 120 Å². The maximum Gasteiger partial charge on any atom is 0.152 e. The zero-order chi connectivity index (χ0) is 13.1. The Morgan fingerprint density at radius 2 is 1.68 bits per heavy atom. The fraction of sp³-hybridized carbons (Fsp3) is 0. The van der Waals surface area contributed by atoms with Gasteiger partial charge >= 0.3 is 0 Å². The highest BCUT2D eigenvalue weighted by atomic mass is 79.9. The molecule has 19 heavy (non-hydrogen) atoms. The number of nitrogens with zero attached hydrogens (tertiary/aromatic N) is 2. The summed E-state index contributed by atoms with van der Waals surface area (Å²) >= 11 is 3.42. The molecule has 0 saturated carbocycles. The molecule has 3 heteroatoms. The molecule has 0 aliphatic carbocycles. The van der Waals surface area contributed by atoms with E-state index >= 15 is 0 Å². The standard InChI is InChI=1S/C16H11BrN2/c17-14-8-5-12(6-9-14)7-10-16-18-11-13-3-1-2-4-15(13)19-16/h1-11H/b10-7+. The summed E-state index contributed by atoms with van der Waals surface area (Å²) < 4.78 is 1.08. The molecule has 0 amide bonds. The Kier molecular flexibility index (Phi) is 3.38. The molecule has 92 valence electrons. The minimum atomic E-state index is 0.724. The van der Waals surface area contributed by atoms with Gasteiger partial charge in [0, 0.05) is 16.1 Å². The number of aromatic nitrogens is 2. The Hall–Kier alpha value is -2.00. The second-order valence-electron chi connectivity index (χ2n) is 4.17. The minimum Gasteiger partial charge on any atom is -0.236 e. The molecule has 0 radical (unpaired) electrons. The molecule has 0 atom stereocenters. The lowest BCUT2D eigenvalue weighted by atomic mass is 10.2. The number of rotatable bonds is 2. The van der Waals surface area contributed by atoms with Crippen molar-refractivity contribution in [2.45, 2.75) is 0 Å². The van der Waals surface area contributed by atoms with Gasteiger partial charge in [0.25, 0.3) is 0 Å². The molecule has 0 aliphatic heterocycles. The van der Waals surface area contributed by atoms with Gasteiger partial charge in [0.05, 0.1) is 5.52 Å². The van der Waals surface area contributed by atoms with Gasteiger partial charge in [-0.05, 0) is 29.8 Å². The largest absolute Gasteiger partial charge is 0.236 e. The van der Waals surface area contributed by atoms with Gasteiger partial charge < -0.3 is 0 Å². The van der Waals surface area contributed by atoms with Crippen LogP contribution in [0.25, 0.3) is 23.1 Å². The molecule has 2 aromatic carbocycles. The van der Waals surface area contributed by atoms with Crippen LogP contribution in [-0.4, -0.2) is 9.97 Å². The quantitative estimate of drug-likeness (QED) is 0.693. The molecular formula is C16H11BrN2. The zero-order valence-electron chi connectivity index (χ0n) is 10.1. The lowest BCUT2D eigenvalue weighted by Gasteiger charge is -1.98. The van der Waals surface area contributed by atoms with E-state index in [4.69, 9.17) is 0 Å². The lowest BCUT2D eigenvalue weighted by molar-refractivity contribution is 1.19. The molecule has 3 aromatic rings. The van der Waals surface area contributed by atoms with E-state index < -0.39 is 0 Å². The predicted octanol–water partition coefficient (Wildman–Crippen LogP) is 4.56. The molecule has 1 aromatic heterocycles. The molecule has 0 unspecified atom stereocenters. The van der Waals surface area contributed by atoms with Crippen LogP contribution in [-0.2, 0) is 0 Å². The molecule has 1 heterocycles. The lowest BCUT2D eigenvalue weighted by Crippen LogP contribution is -1.87. The highest BCUT2D eigenvalue weighted by molar-refractivity contribution is 9.10. The van der Waals surface area contributed by atoms with E-state index in [9.17, 15) is 0 Å². The minimum absolute atomic E-state index is 0.724. The summed E-state index contributed by atoms with van der Waals surface area (Å²) in [7, 11) is 0. The number of hydrogen-bond donors (Lipinski definition) is 0. The number of para-hydroxylation sites is 1. The second-order valence-corrected chi connectivity index (χ2v) is 5.09. The summed E-state index contributed by atoms with van der Waals surface area (Å²) in [6.45, 7) is 0. The smallest absolute Gasteiger partial charge is 0.152 e. The third-order valence-electron chi connectivity index (χ3n) is 2.80. The molecule has 0 bridgehead atoms. The summed E-state index contributed by atoms with van der Waals surface area (Å²) in [5, 5.41) is 1.06. The van der Waals surface area contributed by atoms with Crippen LogP contribution in [0.2, 0.25) is 0 Å². The van der Waals surface area contributed by atoms with Crippen molar-refractivity contribution in [2.24, 2.45) is 0 Å². The average molecular weight is 311 g/mol. The molecular weight excluding hydrogens is 300 g/mol. The average Bonchev–Trinajstić information content (AvgIpc) is 2.46. The van der Waals surface area contributed by atoms with Crippen molar-refractivity contribution in [3.05, 3.63) is 70.6 Å². The number of hydrogen-bond acceptors (Lipinski definition) is 2. The van der Waals surface area contributed by atoms with Crippen LogP contribution in [0.3, 0.4) is 0 Å². The van der Waals surface area contributed by atoms with Crippen molar-refractivity contribution in [3.8, 4) is 0 Å². The predicted molar refractivity (Wildman–Crippen MR) is 82.6 cm³/mol. The van der Waals surface area contributed by atoms with Crippen LogP contribution in [0.15, 0.2) is 59.2 Å². The van der Waals surface area contributed by atoms with Crippen LogP contribution >= 0.6 is 15.9 Å². The molecule has 0 spiro atoms. The van der Waals surface area contributed by atoms with Crippen molar-refractivity contribution in [3.63, 3.8) is 0 Å². The normalized spacial score (nSPS) is 11.2. The zero-order valence-corrected chi connectivity index (χ0v) is 11.7. The third-order valence-corrected chi connectivity index (χ3v) is 3.33. The van der Waals surface area contributed by atoms with Crippen LogP contribution in [0.5, 0.6) is 0 Å². The molecule has 2 nitrogen and oxygen atoms in total. The Morgan fingerprint density at radius 1 is 0.895 bits per heavy atom. The van der Waals surface area contributed by atoms with Crippen molar-refractivity contribution in [1.29, 1.82) is 0 Å². The van der Waals surface area contributed by atoms with Gasteiger partial charge in [-0.2, -0.15) is 0 Å². The van der Waals surface area contributed by atoms with Crippen molar-refractivity contribution < 1.29 is 0 Å². The van der Waals surface area contributed by atoms with Gasteiger partial charge in [-0.3, -0.25) is 0 Å². The summed E-state index contributed by atoms with van der Waals surface area (Å²) in [5.74, 6) is 0.724. The summed E-state index contributed by atoms with van der Waals surface area (Å²) in [4.78, 5) is 8.83. The summed E-state index contributed by atoms with van der Waals surface area (Å²) in [6.07, 6.45) is 5.79. The van der Waals surface area contributed by atoms with Crippen LogP contribution in [0.1, 0.15) is 11.4 Å². The molecule has 0 N–H and O–H groups in total. The SMILES string of the molecule is Brc1ccc(/C=C/c2ncc3ccccc3n2)cc1. The Morgan fingerprint density at radius 3 is 2.53 bits per heavy atom. The van der Waals surface area contributed by atoms with Gasteiger partial charge in [0.1, 0.15) is 0 Å². The van der Waals surface area contributed by atoms with Crippen LogP contribution in [0, 0.1) is 0 Å². The monoisotopic (exact) mass is 310 g/mol. The third kappa shape index (κ3) is 2.88. The van der Waals surface area contributed by atoms with E-state index in [0.29, 0.717) is 0 Å². The van der Waals surface area contributed by atoms with Gasteiger partial charge in [0.2, 0.25) is 0 Å². The first-order valence-corrected chi connectivity index (χ1v) is 6.76. The first-order chi connectivity index (χ1) is 9.31. The number of benzene rings is 2. The first kappa shape index (κ1) is 12.1. The maximum absolute atomic E-state index is 4.50. The summed E-state index contributed by atoms with van der Waals surface area (Å²) in [5.41, 5.74) is 2.09. The van der Waals surface area contributed by atoms with Crippen LogP contribution < -0.4 is 0 Å². The van der Waals surface area contributed by atoms with Crippen molar-refractivity contribution in [2.75, 3.05) is 0 Å². The Bertz CT molecular complexity index is 733. The summed E-state index contributed by atoms with van der Waals surface area (Å²) in [6, 6.07) is 16.1. The fourth-order valence-electron chi connectivity index (χ4n) is 1.81. The molecule has 0 aliphatic rings. The van der Waals surface area contributed by atoms with E-state index in [-0.39, 0.29) is 0 Å². The van der Waals surface area contributed by atoms with Gasteiger partial charge in [-0.15, -0.1) is 0 Å². The van der Waals surface area contributed by atoms with E-state index in [0.717, 1.165) is 26.8 Å². The van der Waals surface area contributed by atoms with Gasteiger partial charge in [0.15, 0.2) is 5.82 Å². The fourth-order valence-corrected chi connectivity index (χ4v) is 2.08.